The lowest BCUT2D eigenvalue weighted by molar-refractivity contribution is -0.161. The van der Waals surface area contributed by atoms with Gasteiger partial charge in [-0.2, -0.15) is 0 Å². The molecule has 0 bridgehead atoms. The summed E-state index contributed by atoms with van der Waals surface area (Å²) in [5, 5.41) is 9.59. The highest BCUT2D eigenvalue weighted by molar-refractivity contribution is 5.70. The monoisotopic (exact) mass is 751 g/mol. The number of esters is 2. The highest BCUT2D eigenvalue weighted by atomic mass is 16.6. The molecule has 308 valence electrons. The molecule has 0 saturated heterocycles. The average molecular weight is 751 g/mol. The number of carbonyl (C=O) groups excluding carboxylic acids is 2. The zero-order chi connectivity index (χ0) is 39.3. The van der Waals surface area contributed by atoms with Gasteiger partial charge >= 0.3 is 11.9 Å². The number of hydrogen-bond acceptors (Lipinski definition) is 5. The standard InChI is InChI=1S/C49H82O5/c1-3-5-7-9-11-13-15-17-19-21-23-24-26-27-29-31-33-35-37-39-41-43-48(51)53-46-47(45-50)54-49(52)44-42-40-38-36-34-32-30-28-25-22-20-18-16-14-12-10-8-6-4-2/h6,8,12,14-15,17-18,20-21,23,25-28,47,50H,3-5,7,9-11,13,16,19,22,24,29-46H2,1-2H3/b8-6-,14-12-,17-15-,20-18-,23-21-,27-26-,28-25-. The van der Waals surface area contributed by atoms with Crippen LogP contribution in [-0.4, -0.2) is 36.4 Å². The molecular weight excluding hydrogens is 669 g/mol. The van der Waals surface area contributed by atoms with Crippen molar-refractivity contribution in [2.75, 3.05) is 13.2 Å². The Balaban J connectivity index is 3.62. The highest BCUT2D eigenvalue weighted by Gasteiger charge is 2.16. The molecule has 1 unspecified atom stereocenters. The van der Waals surface area contributed by atoms with E-state index in [-0.39, 0.29) is 25.2 Å². The summed E-state index contributed by atoms with van der Waals surface area (Å²) >= 11 is 0. The van der Waals surface area contributed by atoms with Gasteiger partial charge < -0.3 is 14.6 Å². The molecule has 0 aliphatic heterocycles. The Morgan fingerprint density at radius 3 is 1.20 bits per heavy atom. The Morgan fingerprint density at radius 1 is 0.444 bits per heavy atom. The van der Waals surface area contributed by atoms with Gasteiger partial charge in [-0.25, -0.2) is 0 Å². The number of aliphatic hydroxyl groups excluding tert-OH is 1. The summed E-state index contributed by atoms with van der Waals surface area (Å²) in [6.07, 6.45) is 60.7. The maximum Gasteiger partial charge on any atom is 0.306 e. The van der Waals surface area contributed by atoms with Crippen molar-refractivity contribution in [3.63, 3.8) is 0 Å². The molecule has 0 fully saturated rings. The maximum atomic E-state index is 12.2. The number of carbonyl (C=O) groups is 2. The molecule has 0 aromatic heterocycles. The molecule has 0 radical (unpaired) electrons. The Kier molecular flexibility index (Phi) is 42.1. The lowest BCUT2D eigenvalue weighted by atomic mass is 10.1. The highest BCUT2D eigenvalue weighted by Crippen LogP contribution is 2.12. The van der Waals surface area contributed by atoms with Gasteiger partial charge in [0.2, 0.25) is 0 Å². The predicted octanol–water partition coefficient (Wildman–Crippen LogP) is 14.3. The van der Waals surface area contributed by atoms with E-state index in [0.29, 0.717) is 12.8 Å². The van der Waals surface area contributed by atoms with E-state index in [9.17, 15) is 14.7 Å². The van der Waals surface area contributed by atoms with Crippen molar-refractivity contribution in [2.24, 2.45) is 0 Å². The Labute approximate surface area is 333 Å². The van der Waals surface area contributed by atoms with Gasteiger partial charge in [0.25, 0.3) is 0 Å². The molecule has 0 rings (SSSR count). The summed E-state index contributed by atoms with van der Waals surface area (Å²) in [5.41, 5.74) is 0. The van der Waals surface area contributed by atoms with Crippen LogP contribution >= 0.6 is 0 Å². The smallest absolute Gasteiger partial charge is 0.306 e. The first kappa shape index (κ1) is 51.1. The molecule has 1 atom stereocenters. The second kappa shape index (κ2) is 44.5. The molecule has 5 nitrogen and oxygen atoms in total. The van der Waals surface area contributed by atoms with E-state index >= 15 is 0 Å². The number of hydrogen-bond donors (Lipinski definition) is 1. The van der Waals surface area contributed by atoms with E-state index in [4.69, 9.17) is 9.47 Å². The van der Waals surface area contributed by atoms with Crippen molar-refractivity contribution >= 4 is 11.9 Å². The van der Waals surface area contributed by atoms with Crippen LogP contribution in [0.4, 0.5) is 0 Å². The third-order valence-corrected chi connectivity index (χ3v) is 9.17. The molecule has 0 aromatic carbocycles. The minimum atomic E-state index is -0.790. The van der Waals surface area contributed by atoms with Crippen molar-refractivity contribution in [3.05, 3.63) is 85.1 Å². The second-order valence-corrected chi connectivity index (χ2v) is 14.4. The molecule has 0 aromatic rings. The third kappa shape index (κ3) is 41.8. The van der Waals surface area contributed by atoms with Gasteiger partial charge in [-0.15, -0.1) is 0 Å². The fourth-order valence-electron chi connectivity index (χ4n) is 5.85. The number of ether oxygens (including phenoxy) is 2. The van der Waals surface area contributed by atoms with Gasteiger partial charge in [0, 0.05) is 12.8 Å². The first-order chi connectivity index (χ1) is 26.6. The number of aliphatic hydroxyl groups is 1. The summed E-state index contributed by atoms with van der Waals surface area (Å²) in [6, 6.07) is 0. The van der Waals surface area contributed by atoms with E-state index in [1.54, 1.807) is 0 Å². The molecule has 0 amide bonds. The molecule has 5 heteroatoms. The molecule has 0 aliphatic rings. The van der Waals surface area contributed by atoms with Crippen LogP contribution in [0.15, 0.2) is 85.1 Å². The molecule has 0 heterocycles. The van der Waals surface area contributed by atoms with E-state index in [2.05, 4.69) is 98.9 Å². The number of rotatable bonds is 39. The SMILES string of the molecule is CC/C=C\C/C=C\C/C=C\C/C=C\CCCCCCCCC(=O)OC(CO)COC(=O)CCCCCCCC/C=C\C/C=C\C/C=C\CCCCCCC. The lowest BCUT2D eigenvalue weighted by Gasteiger charge is -2.15. The number of unbranched alkanes of at least 4 members (excludes halogenated alkanes) is 17. The lowest BCUT2D eigenvalue weighted by Crippen LogP contribution is -2.28. The van der Waals surface area contributed by atoms with Gasteiger partial charge in [0.1, 0.15) is 6.61 Å². The van der Waals surface area contributed by atoms with Gasteiger partial charge in [0.05, 0.1) is 6.61 Å². The minimum absolute atomic E-state index is 0.0834. The Morgan fingerprint density at radius 2 is 0.796 bits per heavy atom. The third-order valence-electron chi connectivity index (χ3n) is 9.17. The Bertz CT molecular complexity index is 1030. The van der Waals surface area contributed by atoms with E-state index < -0.39 is 6.10 Å². The van der Waals surface area contributed by atoms with Crippen LogP contribution < -0.4 is 0 Å². The zero-order valence-corrected chi connectivity index (χ0v) is 35.0. The normalized spacial score (nSPS) is 13.0. The van der Waals surface area contributed by atoms with Gasteiger partial charge in [-0.05, 0) is 89.9 Å². The van der Waals surface area contributed by atoms with Crippen molar-refractivity contribution in [1.82, 2.24) is 0 Å². The van der Waals surface area contributed by atoms with Gasteiger partial charge in [-0.1, -0.05) is 176 Å². The fourth-order valence-corrected chi connectivity index (χ4v) is 5.85. The predicted molar refractivity (Wildman–Crippen MR) is 233 cm³/mol. The van der Waals surface area contributed by atoms with Crippen LogP contribution in [0.5, 0.6) is 0 Å². The summed E-state index contributed by atoms with van der Waals surface area (Å²) in [5.74, 6) is -0.627. The van der Waals surface area contributed by atoms with Crippen LogP contribution in [0.25, 0.3) is 0 Å². The summed E-state index contributed by atoms with van der Waals surface area (Å²) in [6.45, 7) is 3.98. The molecule has 0 spiro atoms. The molecule has 0 saturated carbocycles. The molecule has 54 heavy (non-hydrogen) atoms. The van der Waals surface area contributed by atoms with Crippen molar-refractivity contribution in [2.45, 2.75) is 200 Å². The Hall–Kier alpha value is -2.92. The van der Waals surface area contributed by atoms with Gasteiger partial charge in [0.15, 0.2) is 6.10 Å². The molecule has 1 N–H and O–H groups in total. The van der Waals surface area contributed by atoms with Crippen LogP contribution in [0.3, 0.4) is 0 Å². The first-order valence-electron chi connectivity index (χ1n) is 22.1. The van der Waals surface area contributed by atoms with E-state index in [1.165, 1.54) is 77.0 Å². The summed E-state index contributed by atoms with van der Waals surface area (Å²) in [4.78, 5) is 24.4. The van der Waals surface area contributed by atoms with Crippen molar-refractivity contribution < 1.29 is 24.2 Å². The molecular formula is C49H82O5. The second-order valence-electron chi connectivity index (χ2n) is 14.4. The van der Waals surface area contributed by atoms with Crippen molar-refractivity contribution in [1.29, 1.82) is 0 Å². The maximum absolute atomic E-state index is 12.2. The van der Waals surface area contributed by atoms with Crippen LogP contribution in [0.2, 0.25) is 0 Å². The summed E-state index contributed by atoms with van der Waals surface area (Å²) in [7, 11) is 0. The number of allylic oxidation sites excluding steroid dienone is 14. The topological polar surface area (TPSA) is 72.8 Å². The van der Waals surface area contributed by atoms with Crippen LogP contribution in [0.1, 0.15) is 194 Å². The largest absolute Gasteiger partial charge is 0.462 e. The molecule has 0 aliphatic carbocycles. The average Bonchev–Trinajstić information content (AvgIpc) is 3.17. The van der Waals surface area contributed by atoms with Crippen LogP contribution in [0, 0.1) is 0 Å². The van der Waals surface area contributed by atoms with Gasteiger partial charge in [-0.3, -0.25) is 9.59 Å². The quantitative estimate of drug-likeness (QED) is 0.0385. The van der Waals surface area contributed by atoms with E-state index in [0.717, 1.165) is 89.9 Å². The first-order valence-corrected chi connectivity index (χ1v) is 22.1. The minimum Gasteiger partial charge on any atom is -0.462 e. The van der Waals surface area contributed by atoms with Crippen LogP contribution in [-0.2, 0) is 19.1 Å². The zero-order valence-electron chi connectivity index (χ0n) is 35.0. The van der Waals surface area contributed by atoms with Crippen molar-refractivity contribution in [3.8, 4) is 0 Å². The fraction of sp³-hybridized carbons (Fsp3) is 0.673. The summed E-state index contributed by atoms with van der Waals surface area (Å²) < 4.78 is 10.6. The van der Waals surface area contributed by atoms with E-state index in [1.807, 2.05) is 0 Å².